The Labute approximate surface area is 118 Å². The Morgan fingerprint density at radius 1 is 1.21 bits per heavy atom. The van der Waals surface area contributed by atoms with Gasteiger partial charge in [-0.15, -0.1) is 0 Å². The van der Waals surface area contributed by atoms with Crippen molar-refractivity contribution in [3.63, 3.8) is 0 Å². The van der Waals surface area contributed by atoms with E-state index in [1.807, 2.05) is 0 Å². The molecule has 3 rings (SSSR count). The van der Waals surface area contributed by atoms with Gasteiger partial charge in [0, 0.05) is 19.2 Å². The van der Waals surface area contributed by atoms with E-state index >= 15 is 0 Å². The molecule has 1 unspecified atom stereocenters. The van der Waals surface area contributed by atoms with Gasteiger partial charge in [-0.3, -0.25) is 0 Å². The van der Waals surface area contributed by atoms with E-state index in [2.05, 4.69) is 17.1 Å². The van der Waals surface area contributed by atoms with Crippen LogP contribution < -0.4 is 5.32 Å². The highest BCUT2D eigenvalue weighted by Crippen LogP contribution is 2.43. The summed E-state index contributed by atoms with van der Waals surface area (Å²) < 4.78 is 6.08. The fraction of sp³-hybridized carbons (Fsp3) is 1.00. The standard InChI is InChI=1S/C16H30N2O/c1-2-18(13-14-4-9-17-10-5-14)15-6-11-19-16(12-15)7-3-8-16/h14-15,17H,2-13H2,1H3. The summed E-state index contributed by atoms with van der Waals surface area (Å²) in [5.41, 5.74) is 0.296. The van der Waals surface area contributed by atoms with Crippen LogP contribution in [0, 0.1) is 5.92 Å². The molecule has 3 aliphatic rings. The largest absolute Gasteiger partial charge is 0.375 e. The van der Waals surface area contributed by atoms with Gasteiger partial charge >= 0.3 is 0 Å². The Balaban J connectivity index is 1.54. The fourth-order valence-corrected chi connectivity index (χ4v) is 4.17. The lowest BCUT2D eigenvalue weighted by molar-refractivity contribution is -0.149. The third-order valence-corrected chi connectivity index (χ3v) is 5.61. The van der Waals surface area contributed by atoms with E-state index in [4.69, 9.17) is 4.74 Å². The minimum atomic E-state index is 0.296. The lowest BCUT2D eigenvalue weighted by Crippen LogP contribution is -2.53. The number of rotatable bonds is 4. The van der Waals surface area contributed by atoms with Gasteiger partial charge in [-0.2, -0.15) is 0 Å². The minimum Gasteiger partial charge on any atom is -0.375 e. The van der Waals surface area contributed by atoms with Crippen molar-refractivity contribution in [1.29, 1.82) is 0 Å². The predicted octanol–water partition coefficient (Wildman–Crippen LogP) is 2.41. The quantitative estimate of drug-likeness (QED) is 0.846. The molecule has 1 atom stereocenters. The molecule has 1 saturated carbocycles. The Morgan fingerprint density at radius 3 is 2.63 bits per heavy atom. The first-order chi connectivity index (χ1) is 9.31. The van der Waals surface area contributed by atoms with Crippen LogP contribution in [0.2, 0.25) is 0 Å². The van der Waals surface area contributed by atoms with Crippen molar-refractivity contribution < 1.29 is 4.74 Å². The van der Waals surface area contributed by atoms with Crippen molar-refractivity contribution in [2.75, 3.05) is 32.8 Å². The van der Waals surface area contributed by atoms with Gasteiger partial charge in [0.1, 0.15) is 0 Å². The zero-order valence-corrected chi connectivity index (χ0v) is 12.5. The van der Waals surface area contributed by atoms with E-state index in [-0.39, 0.29) is 0 Å². The summed E-state index contributed by atoms with van der Waals surface area (Å²) in [7, 11) is 0. The van der Waals surface area contributed by atoms with Gasteiger partial charge in [-0.1, -0.05) is 6.92 Å². The molecule has 2 saturated heterocycles. The van der Waals surface area contributed by atoms with Gasteiger partial charge in [0.25, 0.3) is 0 Å². The highest BCUT2D eigenvalue weighted by Gasteiger charge is 2.43. The molecule has 3 nitrogen and oxygen atoms in total. The highest BCUT2D eigenvalue weighted by molar-refractivity contribution is 4.96. The van der Waals surface area contributed by atoms with Crippen LogP contribution >= 0.6 is 0 Å². The van der Waals surface area contributed by atoms with Crippen LogP contribution in [0.1, 0.15) is 51.9 Å². The van der Waals surface area contributed by atoms with Crippen LogP contribution in [-0.2, 0) is 4.74 Å². The predicted molar refractivity (Wildman–Crippen MR) is 78.4 cm³/mol. The molecule has 0 radical (unpaired) electrons. The molecule has 3 heteroatoms. The Morgan fingerprint density at radius 2 is 2.00 bits per heavy atom. The molecule has 19 heavy (non-hydrogen) atoms. The molecular weight excluding hydrogens is 236 g/mol. The number of ether oxygens (including phenoxy) is 1. The molecule has 3 fully saturated rings. The second-order valence-electron chi connectivity index (χ2n) is 6.81. The molecule has 0 bridgehead atoms. The molecule has 1 aliphatic carbocycles. The third kappa shape index (κ3) is 3.14. The van der Waals surface area contributed by atoms with Crippen LogP contribution in [0.25, 0.3) is 0 Å². The third-order valence-electron chi connectivity index (χ3n) is 5.61. The number of nitrogens with zero attached hydrogens (tertiary/aromatic N) is 1. The van der Waals surface area contributed by atoms with Crippen LogP contribution in [0.3, 0.4) is 0 Å². The summed E-state index contributed by atoms with van der Waals surface area (Å²) in [4.78, 5) is 2.76. The lowest BCUT2D eigenvalue weighted by atomic mass is 9.73. The zero-order valence-electron chi connectivity index (χ0n) is 12.5. The maximum atomic E-state index is 6.08. The number of piperidine rings is 1. The van der Waals surface area contributed by atoms with Crippen molar-refractivity contribution >= 4 is 0 Å². The summed E-state index contributed by atoms with van der Waals surface area (Å²) in [6, 6.07) is 0.786. The SMILES string of the molecule is CCN(CC1CCNCC1)C1CCOC2(CCC2)C1. The molecule has 0 aromatic rings. The van der Waals surface area contributed by atoms with Gasteiger partial charge in [-0.05, 0) is 70.5 Å². The molecule has 1 N–H and O–H groups in total. The van der Waals surface area contributed by atoms with Crippen LogP contribution in [-0.4, -0.2) is 49.3 Å². The Kier molecular flexibility index (Phi) is 4.45. The van der Waals surface area contributed by atoms with E-state index in [1.54, 1.807) is 0 Å². The van der Waals surface area contributed by atoms with Gasteiger partial charge < -0.3 is 15.0 Å². The van der Waals surface area contributed by atoms with E-state index in [1.165, 1.54) is 71.1 Å². The second-order valence-corrected chi connectivity index (χ2v) is 6.81. The number of nitrogens with one attached hydrogen (secondary N) is 1. The van der Waals surface area contributed by atoms with Gasteiger partial charge in [0.15, 0.2) is 0 Å². The van der Waals surface area contributed by atoms with Gasteiger partial charge in [0.2, 0.25) is 0 Å². The molecule has 1 spiro atoms. The topological polar surface area (TPSA) is 24.5 Å². The fourth-order valence-electron chi connectivity index (χ4n) is 4.17. The average molecular weight is 266 g/mol. The first kappa shape index (κ1) is 13.8. The first-order valence-corrected chi connectivity index (χ1v) is 8.40. The van der Waals surface area contributed by atoms with E-state index in [0.29, 0.717) is 5.60 Å². The van der Waals surface area contributed by atoms with Crippen LogP contribution in [0.15, 0.2) is 0 Å². The smallest absolute Gasteiger partial charge is 0.0697 e. The van der Waals surface area contributed by atoms with Crippen molar-refractivity contribution in [2.24, 2.45) is 5.92 Å². The maximum absolute atomic E-state index is 6.08. The van der Waals surface area contributed by atoms with Crippen LogP contribution in [0.4, 0.5) is 0 Å². The normalized spacial score (nSPS) is 31.6. The van der Waals surface area contributed by atoms with Gasteiger partial charge in [0.05, 0.1) is 5.60 Å². The monoisotopic (exact) mass is 266 g/mol. The van der Waals surface area contributed by atoms with Crippen molar-refractivity contribution in [3.8, 4) is 0 Å². The van der Waals surface area contributed by atoms with Crippen LogP contribution in [0.5, 0.6) is 0 Å². The average Bonchev–Trinajstić information content (AvgIpc) is 2.44. The number of hydrogen-bond acceptors (Lipinski definition) is 3. The maximum Gasteiger partial charge on any atom is 0.0697 e. The molecule has 0 aromatic heterocycles. The van der Waals surface area contributed by atoms with Gasteiger partial charge in [-0.25, -0.2) is 0 Å². The number of hydrogen-bond donors (Lipinski definition) is 1. The summed E-state index contributed by atoms with van der Waals surface area (Å²) >= 11 is 0. The van der Waals surface area contributed by atoms with Crippen molar-refractivity contribution in [1.82, 2.24) is 10.2 Å². The first-order valence-electron chi connectivity index (χ1n) is 8.40. The highest BCUT2D eigenvalue weighted by atomic mass is 16.5. The summed E-state index contributed by atoms with van der Waals surface area (Å²) in [5, 5.41) is 3.48. The molecule has 110 valence electrons. The summed E-state index contributed by atoms with van der Waals surface area (Å²) in [6.07, 6.45) is 9.29. The molecule has 2 aliphatic heterocycles. The summed E-state index contributed by atoms with van der Waals surface area (Å²) in [5.74, 6) is 0.918. The minimum absolute atomic E-state index is 0.296. The Hall–Kier alpha value is -0.120. The van der Waals surface area contributed by atoms with E-state index in [0.717, 1.165) is 18.6 Å². The summed E-state index contributed by atoms with van der Waals surface area (Å²) in [6.45, 7) is 8.31. The second kappa shape index (κ2) is 6.11. The van der Waals surface area contributed by atoms with E-state index < -0.39 is 0 Å². The molecule has 0 amide bonds. The lowest BCUT2D eigenvalue weighted by Gasteiger charge is -2.50. The zero-order chi connectivity index (χ0) is 13.1. The molecule has 0 aromatic carbocycles. The van der Waals surface area contributed by atoms with Crippen molar-refractivity contribution in [3.05, 3.63) is 0 Å². The Bertz CT molecular complexity index is 284. The molecular formula is C16H30N2O. The molecule has 2 heterocycles. The van der Waals surface area contributed by atoms with Crippen molar-refractivity contribution in [2.45, 2.75) is 63.5 Å². The van der Waals surface area contributed by atoms with E-state index in [9.17, 15) is 0 Å².